The zero-order valence-electron chi connectivity index (χ0n) is 8.61. The van der Waals surface area contributed by atoms with Crippen molar-refractivity contribution >= 4 is 32.4 Å². The van der Waals surface area contributed by atoms with E-state index >= 15 is 0 Å². The lowest BCUT2D eigenvalue weighted by atomic mass is 10.1. The predicted octanol–water partition coefficient (Wildman–Crippen LogP) is 2.93. The molecule has 0 amide bonds. The number of aromatic nitrogens is 2. The molecular weight excluding hydrogens is 262 g/mol. The summed E-state index contributed by atoms with van der Waals surface area (Å²) in [7, 11) is 0. The predicted molar refractivity (Wildman–Crippen MR) is 65.4 cm³/mol. The Balaban J connectivity index is 2.72. The Kier molecular flexibility index (Phi) is 5.40. The number of alkyl halides is 1. The van der Waals surface area contributed by atoms with Gasteiger partial charge in [-0.3, -0.25) is 0 Å². The van der Waals surface area contributed by atoms with Gasteiger partial charge in [-0.15, -0.1) is 10.2 Å². The first-order valence-corrected chi connectivity index (χ1v) is 6.92. The second kappa shape index (κ2) is 6.35. The van der Waals surface area contributed by atoms with Gasteiger partial charge in [-0.1, -0.05) is 41.1 Å². The molecule has 0 aliphatic rings. The SMILES string of the molecule is CCC(CC)N(CCBr)c1nncs1. The van der Waals surface area contributed by atoms with Crippen molar-refractivity contribution < 1.29 is 0 Å². The zero-order valence-corrected chi connectivity index (χ0v) is 11.0. The van der Waals surface area contributed by atoms with Gasteiger partial charge in [0.15, 0.2) is 0 Å². The first kappa shape index (κ1) is 11.9. The van der Waals surface area contributed by atoms with Gasteiger partial charge < -0.3 is 4.90 Å². The third kappa shape index (κ3) is 2.92. The van der Waals surface area contributed by atoms with Crippen LogP contribution >= 0.6 is 27.3 Å². The van der Waals surface area contributed by atoms with E-state index in [1.807, 2.05) is 0 Å². The van der Waals surface area contributed by atoms with Crippen LogP contribution in [0.5, 0.6) is 0 Å². The summed E-state index contributed by atoms with van der Waals surface area (Å²) in [4.78, 5) is 2.34. The fraction of sp³-hybridized carbons (Fsp3) is 0.778. The van der Waals surface area contributed by atoms with Crippen molar-refractivity contribution in [2.45, 2.75) is 32.7 Å². The van der Waals surface area contributed by atoms with Crippen LogP contribution in [0.15, 0.2) is 5.51 Å². The zero-order chi connectivity index (χ0) is 10.4. The Morgan fingerprint density at radius 3 is 2.64 bits per heavy atom. The van der Waals surface area contributed by atoms with Crippen molar-refractivity contribution in [3.8, 4) is 0 Å². The first-order chi connectivity index (χ1) is 6.83. The van der Waals surface area contributed by atoms with Crippen molar-refractivity contribution in [1.82, 2.24) is 10.2 Å². The van der Waals surface area contributed by atoms with Crippen LogP contribution in [0.2, 0.25) is 0 Å². The molecule has 0 unspecified atom stereocenters. The molecule has 1 aromatic rings. The highest BCUT2D eigenvalue weighted by molar-refractivity contribution is 9.09. The van der Waals surface area contributed by atoms with E-state index in [2.05, 4.69) is 44.9 Å². The third-order valence-corrected chi connectivity index (χ3v) is 3.38. The molecule has 14 heavy (non-hydrogen) atoms. The standard InChI is InChI=1S/C9H16BrN3S/c1-3-8(4-2)13(6-5-10)9-12-11-7-14-9/h7-8H,3-6H2,1-2H3. The normalized spacial score (nSPS) is 10.9. The molecule has 0 aliphatic carbocycles. The molecule has 0 atom stereocenters. The topological polar surface area (TPSA) is 29.0 Å². The second-order valence-electron chi connectivity index (χ2n) is 3.07. The Morgan fingerprint density at radius 2 is 2.21 bits per heavy atom. The maximum absolute atomic E-state index is 4.13. The number of anilines is 1. The van der Waals surface area contributed by atoms with Crippen molar-refractivity contribution in [1.29, 1.82) is 0 Å². The molecule has 0 spiro atoms. The van der Waals surface area contributed by atoms with Crippen LogP contribution in [0.4, 0.5) is 5.13 Å². The minimum atomic E-state index is 0.584. The van der Waals surface area contributed by atoms with E-state index < -0.39 is 0 Å². The maximum atomic E-state index is 4.13. The van der Waals surface area contributed by atoms with Gasteiger partial charge in [-0.25, -0.2) is 0 Å². The van der Waals surface area contributed by atoms with Gasteiger partial charge in [0.2, 0.25) is 5.13 Å². The largest absolute Gasteiger partial charge is 0.343 e. The molecule has 1 rings (SSSR count). The average Bonchev–Trinajstić information content (AvgIpc) is 2.71. The number of hydrogen-bond donors (Lipinski definition) is 0. The van der Waals surface area contributed by atoms with Crippen molar-refractivity contribution in [3.63, 3.8) is 0 Å². The minimum Gasteiger partial charge on any atom is -0.343 e. The smallest absolute Gasteiger partial charge is 0.208 e. The van der Waals surface area contributed by atoms with E-state index in [1.165, 1.54) is 0 Å². The number of halogens is 1. The maximum Gasteiger partial charge on any atom is 0.208 e. The highest BCUT2D eigenvalue weighted by Gasteiger charge is 2.17. The van der Waals surface area contributed by atoms with Crippen molar-refractivity contribution in [3.05, 3.63) is 5.51 Å². The molecule has 5 heteroatoms. The summed E-state index contributed by atoms with van der Waals surface area (Å²) in [5.41, 5.74) is 1.79. The van der Waals surface area contributed by atoms with Gasteiger partial charge in [0.05, 0.1) is 0 Å². The molecule has 0 saturated carbocycles. The van der Waals surface area contributed by atoms with Gasteiger partial charge in [-0.05, 0) is 12.8 Å². The molecule has 80 valence electrons. The summed E-state index contributed by atoms with van der Waals surface area (Å²) in [5, 5.41) is 10.0. The summed E-state index contributed by atoms with van der Waals surface area (Å²) < 4.78 is 0. The molecule has 1 aromatic heterocycles. The van der Waals surface area contributed by atoms with E-state index in [4.69, 9.17) is 0 Å². The van der Waals surface area contributed by atoms with Crippen LogP contribution in [0.3, 0.4) is 0 Å². The monoisotopic (exact) mass is 277 g/mol. The van der Waals surface area contributed by atoms with Crippen LogP contribution in [0.1, 0.15) is 26.7 Å². The lowest BCUT2D eigenvalue weighted by molar-refractivity contribution is 0.566. The van der Waals surface area contributed by atoms with Crippen LogP contribution in [-0.4, -0.2) is 28.1 Å². The summed E-state index contributed by atoms with van der Waals surface area (Å²) in [6, 6.07) is 0.584. The van der Waals surface area contributed by atoms with Gasteiger partial charge in [-0.2, -0.15) is 0 Å². The summed E-state index contributed by atoms with van der Waals surface area (Å²) in [6.07, 6.45) is 2.31. The quantitative estimate of drug-likeness (QED) is 0.749. The summed E-state index contributed by atoms with van der Waals surface area (Å²) in [5.74, 6) is 0. The molecule has 0 saturated heterocycles. The van der Waals surface area contributed by atoms with E-state index in [-0.39, 0.29) is 0 Å². The second-order valence-corrected chi connectivity index (χ2v) is 4.68. The van der Waals surface area contributed by atoms with E-state index in [1.54, 1.807) is 16.8 Å². The number of hydrogen-bond acceptors (Lipinski definition) is 4. The van der Waals surface area contributed by atoms with Gasteiger partial charge in [0.25, 0.3) is 0 Å². The molecule has 0 bridgehead atoms. The van der Waals surface area contributed by atoms with Crippen LogP contribution < -0.4 is 4.90 Å². The fourth-order valence-corrected chi connectivity index (χ4v) is 2.59. The molecular formula is C9H16BrN3S. The number of rotatable bonds is 6. The van der Waals surface area contributed by atoms with Crippen LogP contribution in [-0.2, 0) is 0 Å². The Hall–Kier alpha value is -0.160. The number of nitrogens with zero attached hydrogens (tertiary/aromatic N) is 3. The minimum absolute atomic E-state index is 0.584. The highest BCUT2D eigenvalue weighted by atomic mass is 79.9. The summed E-state index contributed by atoms with van der Waals surface area (Å²) >= 11 is 5.09. The molecule has 1 heterocycles. The van der Waals surface area contributed by atoms with Crippen molar-refractivity contribution in [2.24, 2.45) is 0 Å². The van der Waals surface area contributed by atoms with Gasteiger partial charge in [0, 0.05) is 17.9 Å². The third-order valence-electron chi connectivity index (χ3n) is 2.30. The lowest BCUT2D eigenvalue weighted by Gasteiger charge is -2.28. The first-order valence-electron chi connectivity index (χ1n) is 4.92. The molecule has 0 N–H and O–H groups in total. The van der Waals surface area contributed by atoms with Gasteiger partial charge >= 0.3 is 0 Å². The molecule has 3 nitrogen and oxygen atoms in total. The average molecular weight is 278 g/mol. The van der Waals surface area contributed by atoms with Crippen molar-refractivity contribution in [2.75, 3.05) is 16.8 Å². The Labute approximate surface area is 97.7 Å². The van der Waals surface area contributed by atoms with E-state index in [0.717, 1.165) is 29.8 Å². The fourth-order valence-electron chi connectivity index (χ4n) is 1.55. The van der Waals surface area contributed by atoms with Crippen LogP contribution in [0.25, 0.3) is 0 Å². The lowest BCUT2D eigenvalue weighted by Crippen LogP contribution is -2.35. The molecule has 0 aromatic carbocycles. The molecule has 0 aliphatic heterocycles. The molecule has 0 fully saturated rings. The van der Waals surface area contributed by atoms with Gasteiger partial charge in [0.1, 0.15) is 5.51 Å². The Bertz CT molecular complexity index is 236. The Morgan fingerprint density at radius 1 is 1.50 bits per heavy atom. The van der Waals surface area contributed by atoms with Crippen LogP contribution in [0, 0.1) is 0 Å². The summed E-state index contributed by atoms with van der Waals surface area (Å²) in [6.45, 7) is 5.44. The van der Waals surface area contributed by atoms with E-state index in [0.29, 0.717) is 6.04 Å². The highest BCUT2D eigenvalue weighted by Crippen LogP contribution is 2.21. The molecule has 0 radical (unpaired) electrons. The van der Waals surface area contributed by atoms with E-state index in [9.17, 15) is 0 Å².